The number of nitrogens with one attached hydrogen (secondary N) is 1. The number of anilines is 1. The fraction of sp³-hybridized carbons (Fsp3) is 0.467. The molecule has 0 aromatic heterocycles. The van der Waals surface area contributed by atoms with Crippen molar-refractivity contribution in [1.29, 1.82) is 0 Å². The number of hydrogen-bond donors (Lipinski definition) is 1. The maximum absolute atomic E-state index is 3.76. The van der Waals surface area contributed by atoms with Crippen LogP contribution in [0.4, 0.5) is 5.69 Å². The van der Waals surface area contributed by atoms with Crippen LogP contribution in [-0.2, 0) is 0 Å². The molecule has 2 aliphatic rings. The van der Waals surface area contributed by atoms with Gasteiger partial charge < -0.3 is 5.32 Å². The zero-order valence-corrected chi connectivity index (χ0v) is 10.4. The van der Waals surface area contributed by atoms with Gasteiger partial charge in [-0.1, -0.05) is 17.7 Å². The predicted octanol–water partition coefficient (Wildman–Crippen LogP) is 4.05. The van der Waals surface area contributed by atoms with E-state index in [9.17, 15) is 0 Å². The van der Waals surface area contributed by atoms with Crippen LogP contribution in [0.5, 0.6) is 0 Å². The third-order valence-electron chi connectivity index (χ3n) is 4.07. The average molecular weight is 213 g/mol. The molecular formula is C15H19N. The van der Waals surface area contributed by atoms with Crippen LogP contribution in [0.15, 0.2) is 17.7 Å². The van der Waals surface area contributed by atoms with Crippen LogP contribution in [0.3, 0.4) is 0 Å². The van der Waals surface area contributed by atoms with Crippen molar-refractivity contribution in [3.8, 4) is 0 Å². The Bertz CT molecular complexity index is 484. The molecule has 1 aromatic carbocycles. The lowest BCUT2D eigenvalue weighted by Crippen LogP contribution is -2.35. The first-order chi connectivity index (χ1) is 7.58. The summed E-state index contributed by atoms with van der Waals surface area (Å²) in [6.45, 7) is 6.72. The highest BCUT2D eigenvalue weighted by Gasteiger charge is 2.36. The molecule has 0 radical (unpaired) electrons. The highest BCUT2D eigenvalue weighted by Crippen LogP contribution is 2.44. The molecule has 0 amide bonds. The largest absolute Gasteiger partial charge is 0.375 e. The van der Waals surface area contributed by atoms with Crippen molar-refractivity contribution in [2.24, 2.45) is 0 Å². The number of hydrogen-bond acceptors (Lipinski definition) is 1. The third kappa shape index (κ3) is 1.31. The van der Waals surface area contributed by atoms with Gasteiger partial charge in [0.2, 0.25) is 0 Å². The fourth-order valence-electron chi connectivity index (χ4n) is 3.19. The molecule has 1 fully saturated rings. The number of aryl methyl sites for hydroxylation is 2. The van der Waals surface area contributed by atoms with E-state index in [1.807, 2.05) is 0 Å². The summed E-state index contributed by atoms with van der Waals surface area (Å²) in [5, 5.41) is 3.76. The summed E-state index contributed by atoms with van der Waals surface area (Å²) in [5.41, 5.74) is 7.28. The predicted molar refractivity (Wildman–Crippen MR) is 69.8 cm³/mol. The first-order valence-electron chi connectivity index (χ1n) is 6.19. The second-order valence-corrected chi connectivity index (χ2v) is 5.53. The molecule has 1 heteroatoms. The molecular weight excluding hydrogens is 194 g/mol. The van der Waals surface area contributed by atoms with Gasteiger partial charge in [-0.05, 0) is 62.8 Å². The summed E-state index contributed by atoms with van der Waals surface area (Å²) in [5.74, 6) is 0. The summed E-state index contributed by atoms with van der Waals surface area (Å²) in [6, 6.07) is 4.56. The van der Waals surface area contributed by atoms with E-state index in [-0.39, 0.29) is 5.54 Å². The molecule has 1 heterocycles. The van der Waals surface area contributed by atoms with Crippen molar-refractivity contribution >= 4 is 11.8 Å². The number of fused-ring (bicyclic) bond motifs is 2. The van der Waals surface area contributed by atoms with E-state index in [1.54, 1.807) is 5.57 Å². The first kappa shape index (κ1) is 9.95. The summed E-state index contributed by atoms with van der Waals surface area (Å²) < 4.78 is 0. The Labute approximate surface area is 97.6 Å². The number of benzene rings is 1. The Morgan fingerprint density at radius 1 is 1.25 bits per heavy atom. The second-order valence-electron chi connectivity index (χ2n) is 5.53. The summed E-state index contributed by atoms with van der Waals surface area (Å²) in [4.78, 5) is 0. The molecule has 1 unspecified atom stereocenters. The molecule has 0 spiro atoms. The molecule has 1 saturated carbocycles. The molecule has 1 nitrogen and oxygen atoms in total. The van der Waals surface area contributed by atoms with E-state index in [2.05, 4.69) is 44.3 Å². The molecule has 1 atom stereocenters. The van der Waals surface area contributed by atoms with Gasteiger partial charge in [-0.2, -0.15) is 0 Å². The molecule has 1 N–H and O–H groups in total. The fourth-order valence-corrected chi connectivity index (χ4v) is 3.19. The highest BCUT2D eigenvalue weighted by atomic mass is 15.0. The first-order valence-corrected chi connectivity index (χ1v) is 6.19. The Balaban J connectivity index is 2.18. The summed E-state index contributed by atoms with van der Waals surface area (Å²) in [7, 11) is 0. The standard InChI is InChI=1S/C15H19N/c1-10-7-11(2)14-12(8-10)9-13-5-4-6-15(13,3)16-14/h7-9,16H,4-6H2,1-3H3. The van der Waals surface area contributed by atoms with Crippen LogP contribution in [0.1, 0.15) is 42.9 Å². The van der Waals surface area contributed by atoms with Gasteiger partial charge in [0.05, 0.1) is 5.54 Å². The van der Waals surface area contributed by atoms with Crippen LogP contribution in [0.2, 0.25) is 0 Å². The smallest absolute Gasteiger partial charge is 0.0560 e. The van der Waals surface area contributed by atoms with Crippen molar-refractivity contribution < 1.29 is 0 Å². The topological polar surface area (TPSA) is 12.0 Å². The maximum atomic E-state index is 3.76. The molecule has 84 valence electrons. The van der Waals surface area contributed by atoms with E-state index in [1.165, 1.54) is 41.6 Å². The Morgan fingerprint density at radius 2 is 2.06 bits per heavy atom. The van der Waals surface area contributed by atoms with Gasteiger partial charge in [0, 0.05) is 5.69 Å². The van der Waals surface area contributed by atoms with Crippen LogP contribution in [0.25, 0.3) is 6.08 Å². The minimum Gasteiger partial charge on any atom is -0.375 e. The summed E-state index contributed by atoms with van der Waals surface area (Å²) in [6.07, 6.45) is 6.27. The van der Waals surface area contributed by atoms with Crippen LogP contribution < -0.4 is 5.32 Å². The van der Waals surface area contributed by atoms with E-state index < -0.39 is 0 Å². The van der Waals surface area contributed by atoms with Crippen LogP contribution in [-0.4, -0.2) is 5.54 Å². The quantitative estimate of drug-likeness (QED) is 0.685. The van der Waals surface area contributed by atoms with Gasteiger partial charge in [0.15, 0.2) is 0 Å². The molecule has 0 saturated heterocycles. The van der Waals surface area contributed by atoms with Gasteiger partial charge in [-0.15, -0.1) is 0 Å². The molecule has 1 aromatic rings. The van der Waals surface area contributed by atoms with Crippen molar-refractivity contribution in [3.05, 3.63) is 34.4 Å². The zero-order chi connectivity index (χ0) is 11.3. The zero-order valence-electron chi connectivity index (χ0n) is 10.4. The lowest BCUT2D eigenvalue weighted by atomic mass is 9.87. The number of rotatable bonds is 0. The average Bonchev–Trinajstić information content (AvgIpc) is 2.56. The van der Waals surface area contributed by atoms with E-state index in [0.717, 1.165) is 0 Å². The van der Waals surface area contributed by atoms with Gasteiger partial charge in [-0.25, -0.2) is 0 Å². The van der Waals surface area contributed by atoms with Gasteiger partial charge in [-0.3, -0.25) is 0 Å². The lowest BCUT2D eigenvalue weighted by Gasteiger charge is -2.35. The lowest BCUT2D eigenvalue weighted by molar-refractivity contribution is 0.610. The monoisotopic (exact) mass is 213 g/mol. The third-order valence-corrected chi connectivity index (χ3v) is 4.07. The van der Waals surface area contributed by atoms with Gasteiger partial charge >= 0.3 is 0 Å². The van der Waals surface area contributed by atoms with Gasteiger partial charge in [0.25, 0.3) is 0 Å². The van der Waals surface area contributed by atoms with Crippen LogP contribution in [0, 0.1) is 13.8 Å². The van der Waals surface area contributed by atoms with E-state index >= 15 is 0 Å². The van der Waals surface area contributed by atoms with Crippen molar-refractivity contribution in [2.75, 3.05) is 5.32 Å². The molecule has 3 rings (SSSR count). The molecule has 16 heavy (non-hydrogen) atoms. The minimum atomic E-state index is 0.229. The maximum Gasteiger partial charge on any atom is 0.0560 e. The normalized spacial score (nSPS) is 26.8. The Morgan fingerprint density at radius 3 is 2.88 bits per heavy atom. The Hall–Kier alpha value is -1.24. The van der Waals surface area contributed by atoms with E-state index in [4.69, 9.17) is 0 Å². The van der Waals surface area contributed by atoms with Crippen molar-refractivity contribution in [3.63, 3.8) is 0 Å². The molecule has 0 bridgehead atoms. The highest BCUT2D eigenvalue weighted by molar-refractivity contribution is 5.78. The van der Waals surface area contributed by atoms with Crippen molar-refractivity contribution in [2.45, 2.75) is 45.6 Å². The van der Waals surface area contributed by atoms with E-state index in [0.29, 0.717) is 0 Å². The summed E-state index contributed by atoms with van der Waals surface area (Å²) >= 11 is 0. The Kier molecular flexibility index (Phi) is 1.95. The SMILES string of the molecule is Cc1cc(C)c2c(c1)C=C1CCCC1(C)N2. The van der Waals surface area contributed by atoms with Crippen molar-refractivity contribution in [1.82, 2.24) is 0 Å². The molecule has 1 aliphatic carbocycles. The van der Waals surface area contributed by atoms with Crippen LogP contribution >= 0.6 is 0 Å². The minimum absolute atomic E-state index is 0.229. The second kappa shape index (κ2) is 3.13. The van der Waals surface area contributed by atoms with Gasteiger partial charge in [0.1, 0.15) is 0 Å². The molecule has 1 aliphatic heterocycles.